The van der Waals surface area contributed by atoms with Gasteiger partial charge in [-0.05, 0) is 44.4 Å². The van der Waals surface area contributed by atoms with Gasteiger partial charge in [-0.3, -0.25) is 9.78 Å². The molecule has 4 rings (SSSR count). The Hall–Kier alpha value is -3.10. The third-order valence-corrected chi connectivity index (χ3v) is 5.12. The number of carbonyl (C=O) groups is 1. The molecule has 142 valence electrons. The molecule has 0 aliphatic rings. The SMILES string of the molecule is CN(C)CCNC(=O)c1ccc2onc(-c3csc(-c4cccnc4)n3)c2c1. The molecule has 0 bridgehead atoms. The highest BCUT2D eigenvalue weighted by Gasteiger charge is 2.16. The fraction of sp³-hybridized carbons (Fsp3) is 0.200. The molecule has 1 aromatic carbocycles. The van der Waals surface area contributed by atoms with E-state index in [1.807, 2.05) is 36.5 Å². The Bertz CT molecular complexity index is 1100. The molecule has 0 fully saturated rings. The Morgan fingerprint density at radius 2 is 2.18 bits per heavy atom. The zero-order chi connectivity index (χ0) is 19.5. The van der Waals surface area contributed by atoms with E-state index in [9.17, 15) is 4.79 Å². The third kappa shape index (κ3) is 3.78. The average molecular weight is 393 g/mol. The molecule has 0 aliphatic heterocycles. The van der Waals surface area contributed by atoms with Gasteiger partial charge in [0, 0.05) is 42.0 Å². The van der Waals surface area contributed by atoms with Gasteiger partial charge >= 0.3 is 0 Å². The van der Waals surface area contributed by atoms with Gasteiger partial charge in [0.2, 0.25) is 0 Å². The number of amides is 1. The van der Waals surface area contributed by atoms with Crippen molar-refractivity contribution in [3.8, 4) is 22.0 Å². The number of fused-ring (bicyclic) bond motifs is 1. The van der Waals surface area contributed by atoms with Crippen molar-refractivity contribution < 1.29 is 9.32 Å². The number of benzene rings is 1. The largest absolute Gasteiger partial charge is 0.356 e. The molecule has 0 unspecified atom stereocenters. The highest BCUT2D eigenvalue weighted by molar-refractivity contribution is 7.13. The summed E-state index contributed by atoms with van der Waals surface area (Å²) in [5, 5.41) is 10.7. The fourth-order valence-electron chi connectivity index (χ4n) is 2.76. The highest BCUT2D eigenvalue weighted by Crippen LogP contribution is 2.32. The van der Waals surface area contributed by atoms with E-state index < -0.39 is 0 Å². The van der Waals surface area contributed by atoms with Crippen molar-refractivity contribution in [1.29, 1.82) is 0 Å². The van der Waals surface area contributed by atoms with Crippen LogP contribution in [-0.4, -0.2) is 53.1 Å². The van der Waals surface area contributed by atoms with E-state index in [0.29, 0.717) is 29.1 Å². The Labute approximate surface area is 166 Å². The van der Waals surface area contributed by atoms with E-state index in [1.165, 1.54) is 11.3 Å². The van der Waals surface area contributed by atoms with Gasteiger partial charge in [-0.2, -0.15) is 0 Å². The smallest absolute Gasteiger partial charge is 0.251 e. The van der Waals surface area contributed by atoms with Crippen LogP contribution in [0.25, 0.3) is 32.9 Å². The number of pyridine rings is 1. The topological polar surface area (TPSA) is 84.2 Å². The lowest BCUT2D eigenvalue weighted by Crippen LogP contribution is -2.31. The van der Waals surface area contributed by atoms with E-state index in [-0.39, 0.29) is 5.91 Å². The number of aromatic nitrogens is 3. The lowest BCUT2D eigenvalue weighted by Gasteiger charge is -2.10. The number of rotatable bonds is 6. The monoisotopic (exact) mass is 393 g/mol. The lowest BCUT2D eigenvalue weighted by molar-refractivity contribution is 0.0951. The maximum atomic E-state index is 12.4. The van der Waals surface area contributed by atoms with E-state index >= 15 is 0 Å². The molecule has 3 aromatic heterocycles. The second-order valence-electron chi connectivity index (χ2n) is 6.58. The van der Waals surface area contributed by atoms with Gasteiger partial charge in [0.05, 0.1) is 5.39 Å². The summed E-state index contributed by atoms with van der Waals surface area (Å²) in [6, 6.07) is 9.15. The fourth-order valence-corrected chi connectivity index (χ4v) is 3.56. The maximum Gasteiger partial charge on any atom is 0.251 e. The van der Waals surface area contributed by atoms with Gasteiger partial charge in [-0.25, -0.2) is 4.98 Å². The van der Waals surface area contributed by atoms with Crippen LogP contribution in [0, 0.1) is 0 Å². The van der Waals surface area contributed by atoms with Crippen molar-refractivity contribution >= 4 is 28.2 Å². The van der Waals surface area contributed by atoms with Crippen molar-refractivity contribution in [3.05, 3.63) is 53.7 Å². The molecule has 1 N–H and O–H groups in total. The zero-order valence-electron chi connectivity index (χ0n) is 15.5. The molecule has 0 atom stereocenters. The van der Waals surface area contributed by atoms with Crippen LogP contribution in [0.4, 0.5) is 0 Å². The second-order valence-corrected chi connectivity index (χ2v) is 7.44. The summed E-state index contributed by atoms with van der Waals surface area (Å²) in [4.78, 5) is 23.2. The molecule has 0 saturated carbocycles. The molecule has 28 heavy (non-hydrogen) atoms. The molecule has 7 nitrogen and oxygen atoms in total. The van der Waals surface area contributed by atoms with Crippen LogP contribution in [0.3, 0.4) is 0 Å². The predicted octanol–water partition coefficient (Wildman–Crippen LogP) is 3.30. The van der Waals surface area contributed by atoms with Crippen molar-refractivity contribution in [3.63, 3.8) is 0 Å². The normalized spacial score (nSPS) is 11.2. The second kappa shape index (κ2) is 7.87. The van der Waals surface area contributed by atoms with Gasteiger partial charge in [0.25, 0.3) is 5.91 Å². The first kappa shape index (κ1) is 18.3. The number of hydrogen-bond acceptors (Lipinski definition) is 7. The zero-order valence-corrected chi connectivity index (χ0v) is 16.4. The van der Waals surface area contributed by atoms with Gasteiger partial charge in [-0.1, -0.05) is 5.16 Å². The minimum Gasteiger partial charge on any atom is -0.356 e. The number of hydrogen-bond donors (Lipinski definition) is 1. The first-order valence-corrected chi connectivity index (χ1v) is 9.68. The summed E-state index contributed by atoms with van der Waals surface area (Å²) in [6.07, 6.45) is 3.51. The molecular weight excluding hydrogens is 374 g/mol. The summed E-state index contributed by atoms with van der Waals surface area (Å²) >= 11 is 1.52. The van der Waals surface area contributed by atoms with E-state index in [4.69, 9.17) is 4.52 Å². The molecule has 1 amide bonds. The molecule has 4 aromatic rings. The average Bonchev–Trinajstić information content (AvgIpc) is 3.34. The molecule has 0 saturated heterocycles. The Balaban J connectivity index is 1.62. The summed E-state index contributed by atoms with van der Waals surface area (Å²) < 4.78 is 5.43. The number of thiazole rings is 1. The van der Waals surface area contributed by atoms with Crippen molar-refractivity contribution in [2.75, 3.05) is 27.2 Å². The highest BCUT2D eigenvalue weighted by atomic mass is 32.1. The Morgan fingerprint density at radius 1 is 1.29 bits per heavy atom. The van der Waals surface area contributed by atoms with E-state index in [2.05, 4.69) is 20.4 Å². The van der Waals surface area contributed by atoms with Crippen molar-refractivity contribution in [2.45, 2.75) is 0 Å². The minimum absolute atomic E-state index is 0.120. The molecule has 0 aliphatic carbocycles. The number of carbonyl (C=O) groups excluding carboxylic acids is 1. The van der Waals surface area contributed by atoms with Crippen LogP contribution in [0.2, 0.25) is 0 Å². The first-order chi connectivity index (χ1) is 13.6. The number of nitrogens with zero attached hydrogens (tertiary/aromatic N) is 4. The van der Waals surface area contributed by atoms with Gasteiger partial charge < -0.3 is 14.7 Å². The van der Waals surface area contributed by atoms with E-state index in [0.717, 1.165) is 22.5 Å². The summed E-state index contributed by atoms with van der Waals surface area (Å²) in [6.45, 7) is 1.36. The van der Waals surface area contributed by atoms with Crippen LogP contribution in [0.5, 0.6) is 0 Å². The van der Waals surface area contributed by atoms with Crippen molar-refractivity contribution in [1.82, 2.24) is 25.3 Å². The molecular formula is C20H19N5O2S. The molecule has 0 spiro atoms. The summed E-state index contributed by atoms with van der Waals surface area (Å²) in [7, 11) is 3.94. The van der Waals surface area contributed by atoms with Crippen LogP contribution in [0.15, 0.2) is 52.6 Å². The van der Waals surface area contributed by atoms with Crippen LogP contribution in [0.1, 0.15) is 10.4 Å². The molecule has 0 radical (unpaired) electrons. The Kier molecular flexibility index (Phi) is 5.14. The summed E-state index contributed by atoms with van der Waals surface area (Å²) in [5.41, 5.74) is 3.48. The first-order valence-electron chi connectivity index (χ1n) is 8.80. The lowest BCUT2D eigenvalue weighted by atomic mass is 10.1. The van der Waals surface area contributed by atoms with Crippen LogP contribution in [-0.2, 0) is 0 Å². The number of nitrogens with one attached hydrogen (secondary N) is 1. The van der Waals surface area contributed by atoms with Crippen molar-refractivity contribution in [2.24, 2.45) is 0 Å². The molecule has 8 heteroatoms. The summed E-state index contributed by atoms with van der Waals surface area (Å²) in [5.74, 6) is -0.120. The van der Waals surface area contributed by atoms with Gasteiger partial charge in [0.15, 0.2) is 5.58 Å². The Morgan fingerprint density at radius 3 is 2.96 bits per heavy atom. The van der Waals surface area contributed by atoms with Gasteiger partial charge in [-0.15, -0.1) is 11.3 Å². The van der Waals surface area contributed by atoms with Crippen LogP contribution < -0.4 is 5.32 Å². The van der Waals surface area contributed by atoms with E-state index in [1.54, 1.807) is 30.6 Å². The standard InChI is InChI=1S/C20H19N5O2S/c1-25(2)9-8-22-19(26)13-5-6-17-15(10-13)18(24-27-17)16-12-28-20(23-16)14-4-3-7-21-11-14/h3-7,10-12H,8-9H2,1-2H3,(H,22,26). The van der Waals surface area contributed by atoms with Crippen LogP contribution >= 0.6 is 11.3 Å². The minimum atomic E-state index is -0.120. The number of likely N-dealkylation sites (N-methyl/N-ethyl adjacent to an activating group) is 1. The quantitative estimate of drug-likeness (QED) is 0.541. The molecule has 3 heterocycles. The van der Waals surface area contributed by atoms with Gasteiger partial charge in [0.1, 0.15) is 16.4 Å². The maximum absolute atomic E-state index is 12.4. The predicted molar refractivity (Wildman–Crippen MR) is 109 cm³/mol. The third-order valence-electron chi connectivity index (χ3n) is 4.23.